The second kappa shape index (κ2) is 6.88. The molecule has 0 spiro atoms. The van der Waals surface area contributed by atoms with Gasteiger partial charge < -0.3 is 19.7 Å². The quantitative estimate of drug-likeness (QED) is 0.342. The summed E-state index contributed by atoms with van der Waals surface area (Å²) in [6, 6.07) is 0. The van der Waals surface area contributed by atoms with Crippen LogP contribution in [0.3, 0.4) is 0 Å². The molecule has 4 fully saturated rings. The molecule has 0 aromatic carbocycles. The van der Waals surface area contributed by atoms with E-state index in [-0.39, 0.29) is 24.2 Å². The molecule has 0 radical (unpaired) electrons. The molecule has 9 nitrogen and oxygen atoms in total. The molecule has 35 heavy (non-hydrogen) atoms. The van der Waals surface area contributed by atoms with Gasteiger partial charge in [0.05, 0.1) is 23.9 Å². The van der Waals surface area contributed by atoms with E-state index in [0.717, 1.165) is 14.0 Å². The van der Waals surface area contributed by atoms with Gasteiger partial charge in [-0.15, -0.1) is 0 Å². The van der Waals surface area contributed by atoms with Crippen LogP contribution in [0.15, 0.2) is 12.2 Å². The van der Waals surface area contributed by atoms with Crippen LogP contribution in [0.5, 0.6) is 0 Å². The molecule has 3 aliphatic carbocycles. The Morgan fingerprint density at radius 1 is 1.11 bits per heavy atom. The summed E-state index contributed by atoms with van der Waals surface area (Å²) in [6.45, 7) is 13.3. The van der Waals surface area contributed by atoms with Gasteiger partial charge in [0.25, 0.3) is 5.79 Å². The molecule has 9 heteroatoms. The number of aliphatic hydroxyl groups is 2. The van der Waals surface area contributed by atoms with Gasteiger partial charge in [0.2, 0.25) is 11.4 Å². The number of esters is 2. The first kappa shape index (κ1) is 25.7. The van der Waals surface area contributed by atoms with Crippen molar-refractivity contribution < 1.29 is 43.7 Å². The molecule has 0 unspecified atom stereocenters. The average molecular weight is 491 g/mol. The molecule has 0 aromatic rings. The topological polar surface area (TPSA) is 144 Å². The smallest absolute Gasteiger partial charge is 0.345 e. The van der Waals surface area contributed by atoms with Gasteiger partial charge in [0.15, 0.2) is 5.78 Å². The van der Waals surface area contributed by atoms with Crippen LogP contribution in [0.1, 0.15) is 60.8 Å². The number of hydrogen-bond donors (Lipinski definition) is 2. The molecule has 0 bridgehead atoms. The molecule has 192 valence electrons. The normalized spacial score (nSPS) is 45.7. The summed E-state index contributed by atoms with van der Waals surface area (Å²) in [4.78, 5) is 66.4. The molecule has 1 saturated heterocycles. The SMILES string of the molecule is C=C1C[C@H]2[C@]3(C)CCC(=O)C(C)(C)[C@H]3C(=O)[C@]3(O)OC(=O)[C@H]([C@]1(C)C(=O)[C@](C)(O)C(=O)OC)[C@]23C. The zero-order valence-corrected chi connectivity index (χ0v) is 21.3. The fourth-order valence-corrected chi connectivity index (χ4v) is 8.26. The lowest BCUT2D eigenvalue weighted by Gasteiger charge is -2.66. The lowest BCUT2D eigenvalue weighted by Crippen LogP contribution is -2.74. The summed E-state index contributed by atoms with van der Waals surface area (Å²) in [5.41, 5.74) is -7.66. The predicted molar refractivity (Wildman–Crippen MR) is 120 cm³/mol. The molecular formula is C26H34O9. The van der Waals surface area contributed by atoms with Gasteiger partial charge in [-0.05, 0) is 38.0 Å². The van der Waals surface area contributed by atoms with Gasteiger partial charge in [-0.25, -0.2) is 4.79 Å². The number of Topliss-reactive ketones (excluding diaryl/α,β-unsaturated/α-hetero) is 3. The average Bonchev–Trinajstić information content (AvgIpc) is 2.98. The molecule has 0 aromatic heterocycles. The number of hydrogen-bond acceptors (Lipinski definition) is 9. The third-order valence-electron chi connectivity index (χ3n) is 10.2. The zero-order valence-electron chi connectivity index (χ0n) is 21.3. The first-order chi connectivity index (χ1) is 15.8. The van der Waals surface area contributed by atoms with E-state index in [1.54, 1.807) is 20.8 Å². The number of ether oxygens (including phenoxy) is 2. The molecular weight excluding hydrogens is 456 g/mol. The molecule has 3 saturated carbocycles. The van der Waals surface area contributed by atoms with Crippen molar-refractivity contribution in [1.29, 1.82) is 0 Å². The summed E-state index contributed by atoms with van der Waals surface area (Å²) >= 11 is 0. The first-order valence-electron chi connectivity index (χ1n) is 11.9. The van der Waals surface area contributed by atoms with Gasteiger partial charge in [-0.3, -0.25) is 19.2 Å². The number of fused-ring (bicyclic) bond motifs is 2. The minimum atomic E-state index is -2.61. The molecule has 0 amide bonds. The highest BCUT2D eigenvalue weighted by molar-refractivity contribution is 6.12. The van der Waals surface area contributed by atoms with Crippen LogP contribution in [0, 0.1) is 39.4 Å². The molecule has 1 aliphatic heterocycles. The third-order valence-corrected chi connectivity index (χ3v) is 10.2. The minimum absolute atomic E-state index is 0.106. The van der Waals surface area contributed by atoms with Crippen LogP contribution >= 0.6 is 0 Å². The number of ketones is 3. The van der Waals surface area contributed by atoms with Crippen LogP contribution in [0.2, 0.25) is 0 Å². The molecule has 4 aliphatic rings. The van der Waals surface area contributed by atoms with Gasteiger partial charge in [0, 0.05) is 17.8 Å². The van der Waals surface area contributed by atoms with Crippen molar-refractivity contribution in [1.82, 2.24) is 0 Å². The number of rotatable bonds is 3. The Morgan fingerprint density at radius 2 is 1.69 bits per heavy atom. The van der Waals surface area contributed by atoms with E-state index < -0.39 is 74.3 Å². The predicted octanol–water partition coefficient (Wildman–Crippen LogP) is 1.52. The Hall–Kier alpha value is -2.39. The van der Waals surface area contributed by atoms with Crippen LogP contribution in [0.25, 0.3) is 0 Å². The lowest BCUT2D eigenvalue weighted by atomic mass is 9.35. The number of methoxy groups -OCH3 is 1. The van der Waals surface area contributed by atoms with Gasteiger partial charge in [-0.1, -0.05) is 39.8 Å². The van der Waals surface area contributed by atoms with E-state index in [9.17, 15) is 34.2 Å². The van der Waals surface area contributed by atoms with Crippen molar-refractivity contribution in [2.75, 3.05) is 7.11 Å². The fraction of sp³-hybridized carbons (Fsp3) is 0.731. The second-order valence-corrected chi connectivity index (χ2v) is 12.2. The van der Waals surface area contributed by atoms with Crippen molar-refractivity contribution in [3.05, 3.63) is 12.2 Å². The van der Waals surface area contributed by atoms with Crippen LogP contribution in [-0.4, -0.2) is 58.0 Å². The molecule has 2 N–H and O–H groups in total. The van der Waals surface area contributed by atoms with Crippen molar-refractivity contribution in [3.63, 3.8) is 0 Å². The van der Waals surface area contributed by atoms with Crippen LogP contribution in [0.4, 0.5) is 0 Å². The number of carbonyl (C=O) groups excluding carboxylic acids is 5. The Kier molecular flexibility index (Phi) is 5.05. The Morgan fingerprint density at radius 3 is 2.23 bits per heavy atom. The monoisotopic (exact) mass is 490 g/mol. The highest BCUT2D eigenvalue weighted by Gasteiger charge is 2.84. The zero-order chi connectivity index (χ0) is 26.7. The maximum Gasteiger partial charge on any atom is 0.345 e. The Bertz CT molecular complexity index is 1100. The van der Waals surface area contributed by atoms with Crippen LogP contribution < -0.4 is 0 Å². The van der Waals surface area contributed by atoms with E-state index in [0.29, 0.717) is 6.42 Å². The number of allylic oxidation sites excluding steroid dienone is 1. The summed E-state index contributed by atoms with van der Waals surface area (Å²) < 4.78 is 10.1. The van der Waals surface area contributed by atoms with Gasteiger partial charge >= 0.3 is 11.9 Å². The largest absolute Gasteiger partial charge is 0.467 e. The maximum atomic E-state index is 14.0. The lowest BCUT2D eigenvalue weighted by molar-refractivity contribution is -0.278. The van der Waals surface area contributed by atoms with Crippen LogP contribution in [-0.2, 0) is 33.4 Å². The van der Waals surface area contributed by atoms with Crippen molar-refractivity contribution in [2.24, 2.45) is 39.4 Å². The van der Waals surface area contributed by atoms with Gasteiger partial charge in [0.1, 0.15) is 5.78 Å². The Labute approximate surface area is 204 Å². The highest BCUT2D eigenvalue weighted by atomic mass is 16.7. The van der Waals surface area contributed by atoms with E-state index in [1.807, 2.05) is 6.92 Å². The molecule has 1 heterocycles. The van der Waals surface area contributed by atoms with E-state index in [4.69, 9.17) is 4.74 Å². The minimum Gasteiger partial charge on any atom is -0.467 e. The van der Waals surface area contributed by atoms with Crippen molar-refractivity contribution in [2.45, 2.75) is 72.2 Å². The second-order valence-electron chi connectivity index (χ2n) is 12.2. The first-order valence-corrected chi connectivity index (χ1v) is 11.9. The highest BCUT2D eigenvalue weighted by Crippen LogP contribution is 2.75. The summed E-state index contributed by atoms with van der Waals surface area (Å²) in [7, 11) is 1.02. The summed E-state index contributed by atoms with van der Waals surface area (Å²) in [5.74, 6) is -9.54. The van der Waals surface area contributed by atoms with Crippen molar-refractivity contribution in [3.8, 4) is 0 Å². The van der Waals surface area contributed by atoms with E-state index in [2.05, 4.69) is 11.3 Å². The van der Waals surface area contributed by atoms with Gasteiger partial charge in [-0.2, -0.15) is 0 Å². The fourth-order valence-electron chi connectivity index (χ4n) is 8.26. The number of carbonyl (C=O) groups is 5. The molecule has 8 atom stereocenters. The van der Waals surface area contributed by atoms with Crippen molar-refractivity contribution >= 4 is 29.3 Å². The summed E-state index contributed by atoms with van der Waals surface area (Å²) in [5, 5.41) is 22.7. The maximum absolute atomic E-state index is 14.0. The third kappa shape index (κ3) is 2.58. The Balaban J connectivity index is 1.97. The standard InChI is InChI=1S/C26H34O9/c1-12-11-13-22(4)10-9-14(27)21(2,3)15(22)17(28)26(33)24(13,6)16(18(29)35-26)23(12,5)19(30)25(7,32)20(31)34-8/h13,15-16,32-33H,1,9-11H2,2-8H3/t13-,15+,16+,22-,23+,24-,25-,26-/m0/s1. The summed E-state index contributed by atoms with van der Waals surface area (Å²) in [6.07, 6.45) is 0.716. The molecule has 4 rings (SSSR count). The van der Waals surface area contributed by atoms with E-state index in [1.165, 1.54) is 6.92 Å². The van der Waals surface area contributed by atoms with E-state index >= 15 is 0 Å².